The Bertz CT molecular complexity index is 319. The molecular weight excluding hydrogens is 232 g/mol. The highest BCUT2D eigenvalue weighted by Gasteiger charge is 2.33. The zero-order valence-corrected chi connectivity index (χ0v) is 11.6. The third kappa shape index (κ3) is 3.37. The predicted octanol–water partition coefficient (Wildman–Crippen LogP) is 1.93. The first-order chi connectivity index (χ1) is 8.36. The van der Waals surface area contributed by atoms with Gasteiger partial charge in [0, 0.05) is 12.6 Å². The molecule has 1 heterocycles. The molecule has 2 N–H and O–H groups in total. The van der Waals surface area contributed by atoms with Crippen molar-refractivity contribution in [3.05, 3.63) is 0 Å². The van der Waals surface area contributed by atoms with Gasteiger partial charge >= 0.3 is 12.0 Å². The summed E-state index contributed by atoms with van der Waals surface area (Å²) >= 11 is 0. The van der Waals surface area contributed by atoms with Crippen molar-refractivity contribution in [2.75, 3.05) is 6.54 Å². The van der Waals surface area contributed by atoms with Gasteiger partial charge in [-0.05, 0) is 31.6 Å². The molecule has 1 aliphatic rings. The average Bonchev–Trinajstić information content (AvgIpc) is 2.29. The Balaban J connectivity index is 2.67. The van der Waals surface area contributed by atoms with Gasteiger partial charge in [0.25, 0.3) is 0 Å². The van der Waals surface area contributed by atoms with Gasteiger partial charge in [0.15, 0.2) is 0 Å². The molecule has 0 saturated carbocycles. The molecule has 4 atom stereocenters. The summed E-state index contributed by atoms with van der Waals surface area (Å²) in [7, 11) is 0. The molecular formula is C13H24N2O3. The van der Waals surface area contributed by atoms with E-state index in [1.54, 1.807) is 11.8 Å². The molecule has 0 spiro atoms. The Labute approximate surface area is 109 Å². The average molecular weight is 256 g/mol. The van der Waals surface area contributed by atoms with Crippen LogP contribution in [0.4, 0.5) is 4.79 Å². The number of carbonyl (C=O) groups excluding carboxylic acids is 1. The summed E-state index contributed by atoms with van der Waals surface area (Å²) in [5.74, 6) is -0.0622. The number of nitrogens with one attached hydrogen (secondary N) is 1. The summed E-state index contributed by atoms with van der Waals surface area (Å²) in [5, 5.41) is 11.6. The van der Waals surface area contributed by atoms with E-state index >= 15 is 0 Å². The van der Waals surface area contributed by atoms with E-state index in [9.17, 15) is 9.59 Å². The number of hydrogen-bond acceptors (Lipinski definition) is 2. The molecule has 0 aliphatic carbocycles. The normalized spacial score (nSPS) is 29.8. The van der Waals surface area contributed by atoms with Crippen LogP contribution in [0.1, 0.15) is 40.5 Å². The van der Waals surface area contributed by atoms with Gasteiger partial charge in [0.1, 0.15) is 6.04 Å². The zero-order chi connectivity index (χ0) is 13.9. The molecule has 5 nitrogen and oxygen atoms in total. The van der Waals surface area contributed by atoms with Crippen LogP contribution in [0.15, 0.2) is 0 Å². The van der Waals surface area contributed by atoms with Gasteiger partial charge in [0.05, 0.1) is 0 Å². The third-order valence-electron chi connectivity index (χ3n) is 3.86. The van der Waals surface area contributed by atoms with Crippen molar-refractivity contribution >= 4 is 12.0 Å². The smallest absolute Gasteiger partial charge is 0.326 e. The third-order valence-corrected chi connectivity index (χ3v) is 3.86. The van der Waals surface area contributed by atoms with E-state index < -0.39 is 12.0 Å². The maximum Gasteiger partial charge on any atom is 0.326 e. The Morgan fingerprint density at radius 1 is 1.39 bits per heavy atom. The summed E-state index contributed by atoms with van der Waals surface area (Å²) in [6, 6.07) is -0.889. The second kappa shape index (κ2) is 6.07. The summed E-state index contributed by atoms with van der Waals surface area (Å²) in [5.41, 5.74) is 0. The Morgan fingerprint density at radius 2 is 2.00 bits per heavy atom. The molecule has 1 fully saturated rings. The van der Waals surface area contributed by atoms with E-state index in [0.717, 1.165) is 6.42 Å². The monoisotopic (exact) mass is 256 g/mol. The lowest BCUT2D eigenvalue weighted by molar-refractivity contribution is -0.139. The number of carbonyl (C=O) groups is 2. The number of amides is 2. The van der Waals surface area contributed by atoms with Gasteiger partial charge in [-0.1, -0.05) is 20.8 Å². The second-order valence-electron chi connectivity index (χ2n) is 5.46. The van der Waals surface area contributed by atoms with Crippen LogP contribution in [0.3, 0.4) is 0 Å². The van der Waals surface area contributed by atoms with E-state index in [2.05, 4.69) is 19.2 Å². The van der Waals surface area contributed by atoms with Crippen LogP contribution < -0.4 is 5.32 Å². The number of carboxylic acid groups (broad SMARTS) is 1. The molecule has 0 bridgehead atoms. The van der Waals surface area contributed by atoms with Crippen molar-refractivity contribution in [3.8, 4) is 0 Å². The van der Waals surface area contributed by atoms with Crippen molar-refractivity contribution in [3.63, 3.8) is 0 Å². The highest BCUT2D eigenvalue weighted by atomic mass is 16.4. The molecule has 1 aliphatic heterocycles. The summed E-state index contributed by atoms with van der Waals surface area (Å²) < 4.78 is 0. The zero-order valence-electron chi connectivity index (χ0n) is 11.6. The molecule has 18 heavy (non-hydrogen) atoms. The summed E-state index contributed by atoms with van der Waals surface area (Å²) in [4.78, 5) is 24.8. The summed E-state index contributed by atoms with van der Waals surface area (Å²) in [6.45, 7) is 8.74. The predicted molar refractivity (Wildman–Crippen MR) is 69.4 cm³/mol. The standard InChI is InChI=1S/C13H24N2O3/c1-5-11(12(16)17)14-13(18)15-7-8(2)6-9(3)10(15)4/h8-11H,5-7H2,1-4H3,(H,14,18)(H,16,17)/t8?,9?,10?,11-/m1/s1. The molecule has 0 radical (unpaired) electrons. The van der Waals surface area contributed by atoms with E-state index in [-0.39, 0.29) is 12.1 Å². The number of aliphatic carboxylic acids is 1. The number of nitrogens with zero attached hydrogens (tertiary/aromatic N) is 1. The maximum atomic E-state index is 12.1. The number of likely N-dealkylation sites (tertiary alicyclic amines) is 1. The van der Waals surface area contributed by atoms with Crippen LogP contribution in [0, 0.1) is 11.8 Å². The first-order valence-corrected chi connectivity index (χ1v) is 6.66. The first-order valence-electron chi connectivity index (χ1n) is 6.66. The van der Waals surface area contributed by atoms with Crippen molar-refractivity contribution in [2.24, 2.45) is 11.8 Å². The van der Waals surface area contributed by atoms with Crippen LogP contribution in [-0.4, -0.2) is 40.6 Å². The van der Waals surface area contributed by atoms with Gasteiger partial charge in [0.2, 0.25) is 0 Å². The van der Waals surface area contributed by atoms with E-state index in [1.165, 1.54) is 0 Å². The fourth-order valence-electron chi connectivity index (χ4n) is 2.55. The van der Waals surface area contributed by atoms with Crippen molar-refractivity contribution in [1.29, 1.82) is 0 Å². The number of rotatable bonds is 3. The molecule has 5 heteroatoms. The second-order valence-corrected chi connectivity index (χ2v) is 5.46. The van der Waals surface area contributed by atoms with Gasteiger partial charge in [-0.15, -0.1) is 0 Å². The number of urea groups is 1. The van der Waals surface area contributed by atoms with E-state index in [4.69, 9.17) is 5.11 Å². The number of hydrogen-bond donors (Lipinski definition) is 2. The molecule has 3 unspecified atom stereocenters. The lowest BCUT2D eigenvalue weighted by atomic mass is 9.86. The highest BCUT2D eigenvalue weighted by molar-refractivity contribution is 5.82. The highest BCUT2D eigenvalue weighted by Crippen LogP contribution is 2.26. The maximum absolute atomic E-state index is 12.1. The van der Waals surface area contributed by atoms with E-state index in [1.807, 2.05) is 6.92 Å². The summed E-state index contributed by atoms with van der Waals surface area (Å²) in [6.07, 6.45) is 1.51. The van der Waals surface area contributed by atoms with Crippen LogP contribution in [-0.2, 0) is 4.79 Å². The minimum atomic E-state index is -0.975. The number of carboxylic acids is 1. The largest absolute Gasteiger partial charge is 0.480 e. The Kier molecular flexibility index (Phi) is 4.99. The molecule has 1 rings (SSSR count). The topological polar surface area (TPSA) is 69.6 Å². The van der Waals surface area contributed by atoms with Gasteiger partial charge in [-0.3, -0.25) is 0 Å². The van der Waals surface area contributed by atoms with Gasteiger partial charge < -0.3 is 15.3 Å². The van der Waals surface area contributed by atoms with Crippen LogP contribution >= 0.6 is 0 Å². The van der Waals surface area contributed by atoms with Crippen LogP contribution in [0.25, 0.3) is 0 Å². The fraction of sp³-hybridized carbons (Fsp3) is 0.846. The van der Waals surface area contributed by atoms with E-state index in [0.29, 0.717) is 24.8 Å². The SMILES string of the molecule is CC[C@@H](NC(=O)N1CC(C)CC(C)C1C)C(=O)O. The Hall–Kier alpha value is -1.26. The van der Waals surface area contributed by atoms with Crippen molar-refractivity contribution in [1.82, 2.24) is 10.2 Å². The molecule has 0 aromatic carbocycles. The molecule has 0 aromatic heterocycles. The van der Waals surface area contributed by atoms with Crippen molar-refractivity contribution in [2.45, 2.75) is 52.6 Å². The van der Waals surface area contributed by atoms with Crippen LogP contribution in [0.5, 0.6) is 0 Å². The minimum absolute atomic E-state index is 0.160. The molecule has 1 saturated heterocycles. The number of piperidine rings is 1. The van der Waals surface area contributed by atoms with Crippen molar-refractivity contribution < 1.29 is 14.7 Å². The van der Waals surface area contributed by atoms with Gasteiger partial charge in [-0.2, -0.15) is 0 Å². The molecule has 2 amide bonds. The first kappa shape index (κ1) is 14.8. The van der Waals surface area contributed by atoms with Crippen LogP contribution in [0.2, 0.25) is 0 Å². The lowest BCUT2D eigenvalue weighted by Crippen LogP contribution is -2.55. The Morgan fingerprint density at radius 3 is 2.50 bits per heavy atom. The molecule has 0 aromatic rings. The minimum Gasteiger partial charge on any atom is -0.480 e. The van der Waals surface area contributed by atoms with Gasteiger partial charge in [-0.25, -0.2) is 9.59 Å². The fourth-order valence-corrected chi connectivity index (χ4v) is 2.55. The lowest BCUT2D eigenvalue weighted by Gasteiger charge is -2.41. The molecule has 104 valence electrons. The quantitative estimate of drug-likeness (QED) is 0.810.